The Balaban J connectivity index is 1.81. The molecule has 0 bridgehead atoms. The Morgan fingerprint density at radius 1 is 1.21 bits per heavy atom. The third kappa shape index (κ3) is 3.72. The predicted octanol–water partition coefficient (Wildman–Crippen LogP) is 3.69. The van der Waals surface area contributed by atoms with E-state index in [1.807, 2.05) is 12.1 Å². The van der Waals surface area contributed by atoms with Crippen molar-refractivity contribution in [2.45, 2.75) is 29.5 Å². The molecule has 1 saturated heterocycles. The molecule has 1 aliphatic heterocycles. The molecule has 8 heteroatoms. The molecule has 24 heavy (non-hydrogen) atoms. The first kappa shape index (κ1) is 17.6. The van der Waals surface area contributed by atoms with Gasteiger partial charge in [0.2, 0.25) is 5.91 Å². The topological polar surface area (TPSA) is 66.5 Å². The molecule has 0 aliphatic carbocycles. The van der Waals surface area contributed by atoms with Gasteiger partial charge in [0.15, 0.2) is 0 Å². The highest BCUT2D eigenvalue weighted by Crippen LogP contribution is 2.28. The maximum absolute atomic E-state index is 12.8. The first-order valence-electron chi connectivity index (χ1n) is 7.60. The van der Waals surface area contributed by atoms with E-state index in [1.165, 1.54) is 15.6 Å². The van der Waals surface area contributed by atoms with Gasteiger partial charge in [-0.25, -0.2) is 8.42 Å². The largest absolute Gasteiger partial charge is 0.325 e. The number of piperidine rings is 1. The Morgan fingerprint density at radius 3 is 2.62 bits per heavy atom. The summed E-state index contributed by atoms with van der Waals surface area (Å²) in [6, 6.07) is 9.84. The van der Waals surface area contributed by atoms with Crippen molar-refractivity contribution in [3.8, 4) is 0 Å². The van der Waals surface area contributed by atoms with E-state index < -0.39 is 16.1 Å². The van der Waals surface area contributed by atoms with Crippen LogP contribution in [-0.2, 0) is 14.8 Å². The Bertz CT molecular complexity index is 804. The summed E-state index contributed by atoms with van der Waals surface area (Å²) in [6.07, 6.45) is 2.15. The second-order valence-corrected chi connectivity index (χ2v) is 9.54. The van der Waals surface area contributed by atoms with E-state index in [4.69, 9.17) is 0 Å². The number of nitrogens with zero attached hydrogens (tertiary/aromatic N) is 1. The number of amides is 1. The van der Waals surface area contributed by atoms with E-state index in [2.05, 4.69) is 21.2 Å². The molecule has 1 N–H and O–H groups in total. The van der Waals surface area contributed by atoms with Crippen LogP contribution >= 0.6 is 27.3 Å². The minimum absolute atomic E-state index is 0.280. The highest BCUT2D eigenvalue weighted by molar-refractivity contribution is 9.10. The Kier molecular flexibility index (Phi) is 5.39. The summed E-state index contributed by atoms with van der Waals surface area (Å²) in [5.74, 6) is -0.280. The number of carbonyl (C=O) groups is 1. The van der Waals surface area contributed by atoms with Crippen LogP contribution in [0, 0.1) is 0 Å². The van der Waals surface area contributed by atoms with Crippen LogP contribution in [0.5, 0.6) is 0 Å². The molecule has 0 spiro atoms. The van der Waals surface area contributed by atoms with Gasteiger partial charge in [-0.05, 0) is 48.6 Å². The predicted molar refractivity (Wildman–Crippen MR) is 98.6 cm³/mol. The molecule has 1 aromatic carbocycles. The minimum Gasteiger partial charge on any atom is -0.325 e. The quantitative estimate of drug-likeness (QED) is 0.806. The zero-order chi connectivity index (χ0) is 17.2. The standard InChI is InChI=1S/C16H17BrN2O3S2/c17-12-6-8-13(9-7-12)18-16(20)14-4-1-2-10-19(14)24(21,22)15-5-3-11-23-15/h3,5-9,11,14H,1-2,4,10H2,(H,18,20). The lowest BCUT2D eigenvalue weighted by Gasteiger charge is -2.33. The third-order valence-electron chi connectivity index (χ3n) is 3.93. The molecule has 1 aliphatic rings. The Hall–Kier alpha value is -1.22. The van der Waals surface area contributed by atoms with Gasteiger partial charge in [-0.15, -0.1) is 11.3 Å². The summed E-state index contributed by atoms with van der Waals surface area (Å²) >= 11 is 4.52. The fourth-order valence-corrected chi connectivity index (χ4v) is 5.78. The molecule has 5 nitrogen and oxygen atoms in total. The number of benzene rings is 1. The monoisotopic (exact) mass is 428 g/mol. The molecule has 1 atom stereocenters. The summed E-state index contributed by atoms with van der Waals surface area (Å²) in [7, 11) is -3.63. The lowest BCUT2D eigenvalue weighted by atomic mass is 10.0. The molecule has 1 unspecified atom stereocenters. The van der Waals surface area contributed by atoms with Crippen molar-refractivity contribution in [1.29, 1.82) is 0 Å². The van der Waals surface area contributed by atoms with Crippen LogP contribution in [0.1, 0.15) is 19.3 Å². The molecule has 2 aromatic rings. The Morgan fingerprint density at radius 2 is 1.96 bits per heavy atom. The van der Waals surface area contributed by atoms with Gasteiger partial charge < -0.3 is 5.32 Å². The number of thiophene rings is 1. The maximum Gasteiger partial charge on any atom is 0.253 e. The van der Waals surface area contributed by atoms with Gasteiger partial charge in [0.05, 0.1) is 0 Å². The number of carbonyl (C=O) groups excluding carboxylic acids is 1. The van der Waals surface area contributed by atoms with Crippen molar-refractivity contribution < 1.29 is 13.2 Å². The highest BCUT2D eigenvalue weighted by Gasteiger charge is 2.38. The van der Waals surface area contributed by atoms with Gasteiger partial charge in [0.1, 0.15) is 10.3 Å². The summed E-state index contributed by atoms with van der Waals surface area (Å²) < 4.78 is 28.2. The number of sulfonamides is 1. The normalized spacial score (nSPS) is 19.1. The van der Waals surface area contributed by atoms with Gasteiger partial charge in [-0.1, -0.05) is 28.4 Å². The minimum atomic E-state index is -3.63. The van der Waals surface area contributed by atoms with Crippen LogP contribution in [0.3, 0.4) is 0 Å². The molecule has 0 saturated carbocycles. The van der Waals surface area contributed by atoms with Crippen LogP contribution in [-0.4, -0.2) is 31.2 Å². The number of anilines is 1. The fraction of sp³-hybridized carbons (Fsp3) is 0.312. The fourth-order valence-electron chi connectivity index (χ4n) is 2.74. The molecule has 1 amide bonds. The summed E-state index contributed by atoms with van der Waals surface area (Å²) in [4.78, 5) is 12.7. The van der Waals surface area contributed by atoms with E-state index in [0.29, 0.717) is 18.7 Å². The van der Waals surface area contributed by atoms with Gasteiger partial charge >= 0.3 is 0 Å². The van der Waals surface area contributed by atoms with Crippen LogP contribution in [0.2, 0.25) is 0 Å². The van der Waals surface area contributed by atoms with Crippen LogP contribution in [0.25, 0.3) is 0 Å². The van der Waals surface area contributed by atoms with Crippen molar-refractivity contribution in [3.05, 3.63) is 46.3 Å². The summed E-state index contributed by atoms with van der Waals surface area (Å²) in [5, 5.41) is 4.55. The second-order valence-electron chi connectivity index (χ2n) is 5.56. The van der Waals surface area contributed by atoms with E-state index >= 15 is 0 Å². The van der Waals surface area contributed by atoms with E-state index in [1.54, 1.807) is 29.6 Å². The molecule has 0 radical (unpaired) electrons. The summed E-state index contributed by atoms with van der Waals surface area (Å²) in [5.41, 5.74) is 0.655. The van der Waals surface area contributed by atoms with Crippen LogP contribution in [0.15, 0.2) is 50.5 Å². The SMILES string of the molecule is O=C(Nc1ccc(Br)cc1)C1CCCCN1S(=O)(=O)c1cccs1. The first-order chi connectivity index (χ1) is 11.5. The van der Waals surface area contributed by atoms with E-state index in [0.717, 1.165) is 17.3 Å². The van der Waals surface area contributed by atoms with Gasteiger partial charge in [-0.3, -0.25) is 4.79 Å². The van der Waals surface area contributed by atoms with E-state index in [9.17, 15) is 13.2 Å². The average Bonchev–Trinajstić information content (AvgIpc) is 3.12. The van der Waals surface area contributed by atoms with Crippen molar-refractivity contribution in [2.75, 3.05) is 11.9 Å². The van der Waals surface area contributed by atoms with E-state index in [-0.39, 0.29) is 10.1 Å². The van der Waals surface area contributed by atoms with Crippen molar-refractivity contribution in [2.24, 2.45) is 0 Å². The summed E-state index contributed by atoms with van der Waals surface area (Å²) in [6.45, 7) is 0.374. The lowest BCUT2D eigenvalue weighted by molar-refractivity contribution is -0.120. The maximum atomic E-state index is 12.8. The smallest absolute Gasteiger partial charge is 0.253 e. The number of hydrogen-bond acceptors (Lipinski definition) is 4. The zero-order valence-electron chi connectivity index (χ0n) is 12.8. The third-order valence-corrected chi connectivity index (χ3v) is 7.74. The number of nitrogens with one attached hydrogen (secondary N) is 1. The zero-order valence-corrected chi connectivity index (χ0v) is 16.0. The van der Waals surface area contributed by atoms with Gasteiger partial charge in [0.25, 0.3) is 10.0 Å². The van der Waals surface area contributed by atoms with Crippen molar-refractivity contribution >= 4 is 48.9 Å². The van der Waals surface area contributed by atoms with Crippen molar-refractivity contribution in [1.82, 2.24) is 4.31 Å². The molecular formula is C16H17BrN2O3S2. The second kappa shape index (κ2) is 7.35. The molecular weight excluding hydrogens is 412 g/mol. The number of rotatable bonds is 4. The number of hydrogen-bond donors (Lipinski definition) is 1. The highest BCUT2D eigenvalue weighted by atomic mass is 79.9. The molecule has 3 rings (SSSR count). The molecule has 1 aromatic heterocycles. The Labute approximate surface area is 153 Å². The average molecular weight is 429 g/mol. The number of halogens is 1. The van der Waals surface area contributed by atoms with Crippen LogP contribution < -0.4 is 5.32 Å². The molecule has 2 heterocycles. The van der Waals surface area contributed by atoms with Crippen molar-refractivity contribution in [3.63, 3.8) is 0 Å². The van der Waals surface area contributed by atoms with Crippen LogP contribution in [0.4, 0.5) is 5.69 Å². The molecule has 128 valence electrons. The molecule has 1 fully saturated rings. The first-order valence-corrected chi connectivity index (χ1v) is 10.7. The van der Waals surface area contributed by atoms with Gasteiger partial charge in [-0.2, -0.15) is 4.31 Å². The lowest BCUT2D eigenvalue weighted by Crippen LogP contribution is -2.49. The van der Waals surface area contributed by atoms with Gasteiger partial charge in [0, 0.05) is 16.7 Å².